The number of hydrogen-bond donors (Lipinski definition) is 1. The van der Waals surface area contributed by atoms with Gasteiger partial charge in [-0.25, -0.2) is 9.78 Å². The second kappa shape index (κ2) is 6.20. The van der Waals surface area contributed by atoms with Crippen molar-refractivity contribution in [2.75, 3.05) is 39.1 Å². The highest BCUT2D eigenvalue weighted by Crippen LogP contribution is 2.16. The number of aromatic carboxylic acids is 1. The summed E-state index contributed by atoms with van der Waals surface area (Å²) in [7, 11) is 5.93. The van der Waals surface area contributed by atoms with Crippen molar-refractivity contribution in [3.8, 4) is 0 Å². The average molecular weight is 237 g/mol. The molecule has 0 saturated heterocycles. The lowest BCUT2D eigenvalue weighted by Gasteiger charge is -2.21. The summed E-state index contributed by atoms with van der Waals surface area (Å²) in [6.07, 6.45) is 2.48. The molecule has 1 heterocycles. The van der Waals surface area contributed by atoms with Gasteiger partial charge in [0.05, 0.1) is 5.69 Å². The summed E-state index contributed by atoms with van der Waals surface area (Å²) in [6, 6.07) is 3.54. The third-order valence-corrected chi connectivity index (χ3v) is 2.50. The monoisotopic (exact) mass is 237 g/mol. The van der Waals surface area contributed by atoms with E-state index in [0.717, 1.165) is 19.5 Å². The predicted octanol–water partition coefficient (Wildman–Crippen LogP) is 1.17. The van der Waals surface area contributed by atoms with E-state index in [0.29, 0.717) is 5.69 Å². The van der Waals surface area contributed by atoms with Crippen LogP contribution in [0.2, 0.25) is 0 Å². The molecule has 0 amide bonds. The molecule has 5 heteroatoms. The van der Waals surface area contributed by atoms with Crippen LogP contribution in [-0.4, -0.2) is 55.2 Å². The van der Waals surface area contributed by atoms with Gasteiger partial charge in [-0.05, 0) is 39.2 Å². The summed E-state index contributed by atoms with van der Waals surface area (Å²) in [5.74, 6) is -0.986. The second-order valence-electron chi connectivity index (χ2n) is 4.25. The molecule has 1 aromatic rings. The highest BCUT2D eigenvalue weighted by atomic mass is 16.4. The van der Waals surface area contributed by atoms with E-state index in [9.17, 15) is 4.79 Å². The van der Waals surface area contributed by atoms with E-state index in [1.165, 1.54) is 6.20 Å². The molecule has 0 aromatic carbocycles. The molecule has 0 spiro atoms. The van der Waals surface area contributed by atoms with Gasteiger partial charge in [0.1, 0.15) is 0 Å². The van der Waals surface area contributed by atoms with E-state index in [4.69, 9.17) is 5.11 Å². The lowest BCUT2D eigenvalue weighted by atomic mass is 10.2. The highest BCUT2D eigenvalue weighted by molar-refractivity contribution is 5.92. The number of carbonyl (C=O) groups is 1. The minimum Gasteiger partial charge on any atom is -0.476 e. The summed E-state index contributed by atoms with van der Waals surface area (Å²) < 4.78 is 0. The van der Waals surface area contributed by atoms with Crippen molar-refractivity contribution in [1.29, 1.82) is 0 Å². The van der Waals surface area contributed by atoms with Crippen molar-refractivity contribution < 1.29 is 9.90 Å². The van der Waals surface area contributed by atoms with Gasteiger partial charge < -0.3 is 14.9 Å². The van der Waals surface area contributed by atoms with Gasteiger partial charge in [0.2, 0.25) is 0 Å². The summed E-state index contributed by atoms with van der Waals surface area (Å²) in [5, 5.41) is 9.03. The topological polar surface area (TPSA) is 56.7 Å². The molecule has 94 valence electrons. The molecular formula is C12H19N3O2. The zero-order valence-corrected chi connectivity index (χ0v) is 10.6. The first-order chi connectivity index (χ1) is 8.02. The number of hydrogen-bond acceptors (Lipinski definition) is 4. The Morgan fingerprint density at radius 1 is 1.35 bits per heavy atom. The van der Waals surface area contributed by atoms with Crippen LogP contribution >= 0.6 is 0 Å². The minimum atomic E-state index is -0.986. The maximum absolute atomic E-state index is 11.0. The standard InChI is InChI=1S/C12H19N3O2/c1-14(2)8-5-9-15(3)10-6-4-7-13-11(10)12(16)17/h4,6-7H,5,8-9H2,1-3H3,(H,16,17). The molecule has 1 rings (SSSR count). The number of nitrogens with zero attached hydrogens (tertiary/aromatic N) is 3. The number of anilines is 1. The minimum absolute atomic E-state index is 0.111. The van der Waals surface area contributed by atoms with Crippen molar-refractivity contribution in [1.82, 2.24) is 9.88 Å². The molecule has 0 bridgehead atoms. The number of carboxylic acid groups (broad SMARTS) is 1. The first-order valence-corrected chi connectivity index (χ1v) is 5.56. The highest BCUT2D eigenvalue weighted by Gasteiger charge is 2.13. The van der Waals surface area contributed by atoms with Gasteiger partial charge in [0.15, 0.2) is 5.69 Å². The van der Waals surface area contributed by atoms with Crippen LogP contribution in [0.4, 0.5) is 5.69 Å². The number of rotatable bonds is 6. The van der Waals surface area contributed by atoms with Gasteiger partial charge in [-0.1, -0.05) is 0 Å². The molecule has 0 radical (unpaired) electrons. The zero-order valence-electron chi connectivity index (χ0n) is 10.6. The van der Waals surface area contributed by atoms with E-state index < -0.39 is 5.97 Å². The summed E-state index contributed by atoms with van der Waals surface area (Å²) >= 11 is 0. The van der Waals surface area contributed by atoms with Crippen molar-refractivity contribution in [2.45, 2.75) is 6.42 Å². The quantitative estimate of drug-likeness (QED) is 0.804. The summed E-state index contributed by atoms with van der Waals surface area (Å²) in [6.45, 7) is 1.79. The molecule has 0 aliphatic rings. The van der Waals surface area contributed by atoms with Crippen LogP contribution in [-0.2, 0) is 0 Å². The number of carboxylic acids is 1. The van der Waals surface area contributed by atoms with Crippen molar-refractivity contribution in [3.63, 3.8) is 0 Å². The van der Waals surface area contributed by atoms with Crippen LogP contribution in [0, 0.1) is 0 Å². The normalized spacial score (nSPS) is 10.6. The lowest BCUT2D eigenvalue weighted by molar-refractivity contribution is 0.0691. The maximum Gasteiger partial charge on any atom is 0.356 e. The van der Waals surface area contributed by atoms with Crippen molar-refractivity contribution in [2.24, 2.45) is 0 Å². The average Bonchev–Trinajstić information content (AvgIpc) is 2.28. The molecule has 17 heavy (non-hydrogen) atoms. The largest absolute Gasteiger partial charge is 0.476 e. The second-order valence-corrected chi connectivity index (χ2v) is 4.25. The first kappa shape index (κ1) is 13.4. The fourth-order valence-electron chi connectivity index (χ4n) is 1.61. The molecule has 0 atom stereocenters. The summed E-state index contributed by atoms with van der Waals surface area (Å²) in [4.78, 5) is 18.9. The Balaban J connectivity index is 2.68. The molecule has 5 nitrogen and oxygen atoms in total. The fourth-order valence-corrected chi connectivity index (χ4v) is 1.61. The third-order valence-electron chi connectivity index (χ3n) is 2.50. The lowest BCUT2D eigenvalue weighted by Crippen LogP contribution is -2.25. The first-order valence-electron chi connectivity index (χ1n) is 5.56. The van der Waals surface area contributed by atoms with Crippen LogP contribution in [0.3, 0.4) is 0 Å². The van der Waals surface area contributed by atoms with Crippen molar-refractivity contribution in [3.05, 3.63) is 24.0 Å². The fraction of sp³-hybridized carbons (Fsp3) is 0.500. The van der Waals surface area contributed by atoms with E-state index in [2.05, 4.69) is 9.88 Å². The zero-order chi connectivity index (χ0) is 12.8. The molecule has 0 aliphatic heterocycles. The number of pyridine rings is 1. The van der Waals surface area contributed by atoms with Crippen LogP contribution < -0.4 is 4.90 Å². The molecular weight excluding hydrogens is 218 g/mol. The molecule has 0 aliphatic carbocycles. The Labute approximate surface area is 102 Å². The maximum atomic E-state index is 11.0. The molecule has 1 aromatic heterocycles. The Morgan fingerprint density at radius 2 is 2.06 bits per heavy atom. The van der Waals surface area contributed by atoms with Gasteiger partial charge in [0, 0.05) is 19.8 Å². The van der Waals surface area contributed by atoms with E-state index in [1.807, 2.05) is 26.0 Å². The van der Waals surface area contributed by atoms with Gasteiger partial charge in [-0.15, -0.1) is 0 Å². The van der Waals surface area contributed by atoms with Crippen LogP contribution in [0.15, 0.2) is 18.3 Å². The SMILES string of the molecule is CN(C)CCCN(C)c1cccnc1C(=O)O. The van der Waals surface area contributed by atoms with E-state index >= 15 is 0 Å². The molecule has 0 unspecified atom stereocenters. The van der Waals surface area contributed by atoms with Gasteiger partial charge in [0.25, 0.3) is 0 Å². The Bertz CT molecular complexity index is 380. The number of aromatic nitrogens is 1. The Morgan fingerprint density at radius 3 is 2.65 bits per heavy atom. The van der Waals surface area contributed by atoms with Gasteiger partial charge in [-0.2, -0.15) is 0 Å². The smallest absolute Gasteiger partial charge is 0.356 e. The Kier molecular flexibility index (Phi) is 4.90. The van der Waals surface area contributed by atoms with Crippen LogP contribution in [0.25, 0.3) is 0 Å². The predicted molar refractivity (Wildman–Crippen MR) is 67.6 cm³/mol. The van der Waals surface area contributed by atoms with Crippen molar-refractivity contribution >= 4 is 11.7 Å². The molecule has 1 N–H and O–H groups in total. The molecule has 0 saturated carbocycles. The Hall–Kier alpha value is -1.62. The third kappa shape index (κ3) is 4.03. The molecule has 0 fully saturated rings. The van der Waals surface area contributed by atoms with Gasteiger partial charge >= 0.3 is 5.97 Å². The summed E-state index contributed by atoms with van der Waals surface area (Å²) in [5.41, 5.74) is 0.776. The van der Waals surface area contributed by atoms with Crippen LogP contribution in [0.5, 0.6) is 0 Å². The van der Waals surface area contributed by atoms with E-state index in [-0.39, 0.29) is 5.69 Å². The van der Waals surface area contributed by atoms with E-state index in [1.54, 1.807) is 12.1 Å². The van der Waals surface area contributed by atoms with Crippen LogP contribution in [0.1, 0.15) is 16.9 Å². The van der Waals surface area contributed by atoms with Gasteiger partial charge in [-0.3, -0.25) is 0 Å².